The molecule has 2 aromatic carbocycles. The first-order valence-electron chi connectivity index (χ1n) is 8.87. The lowest BCUT2D eigenvalue weighted by Gasteiger charge is -2.06. The van der Waals surface area contributed by atoms with E-state index in [0.717, 1.165) is 27.4 Å². The summed E-state index contributed by atoms with van der Waals surface area (Å²) in [4.78, 5) is 18.7. The summed E-state index contributed by atoms with van der Waals surface area (Å²) in [5, 5.41) is 12.3. The van der Waals surface area contributed by atoms with Crippen molar-refractivity contribution in [1.82, 2.24) is 15.3 Å². The Morgan fingerprint density at radius 3 is 2.82 bits per heavy atom. The van der Waals surface area contributed by atoms with E-state index in [1.165, 1.54) is 0 Å². The monoisotopic (exact) mass is 374 g/mol. The van der Waals surface area contributed by atoms with Crippen LogP contribution in [0.2, 0.25) is 0 Å². The van der Waals surface area contributed by atoms with Crippen molar-refractivity contribution >= 4 is 33.5 Å². The van der Waals surface area contributed by atoms with Gasteiger partial charge in [-0.3, -0.25) is 10.2 Å². The number of nitrogen functional groups attached to an aromatic ring is 1. The van der Waals surface area contributed by atoms with E-state index in [1.807, 2.05) is 36.4 Å². The molecule has 4 aromatic rings. The van der Waals surface area contributed by atoms with Crippen molar-refractivity contribution in [3.05, 3.63) is 65.5 Å². The number of aromatic nitrogens is 2. The van der Waals surface area contributed by atoms with Gasteiger partial charge in [-0.05, 0) is 42.3 Å². The summed E-state index contributed by atoms with van der Waals surface area (Å²) in [6.45, 7) is 0.481. The van der Waals surface area contributed by atoms with Crippen molar-refractivity contribution in [1.29, 1.82) is 5.41 Å². The van der Waals surface area contributed by atoms with Gasteiger partial charge in [0.05, 0.1) is 18.9 Å². The third kappa shape index (κ3) is 3.18. The number of nitrogens with two attached hydrogens (primary N) is 1. The van der Waals surface area contributed by atoms with Gasteiger partial charge in [0, 0.05) is 40.1 Å². The Hall–Kier alpha value is -3.74. The van der Waals surface area contributed by atoms with Crippen LogP contribution in [0.1, 0.15) is 21.5 Å². The molecular formula is C21H20N5O2. The van der Waals surface area contributed by atoms with Gasteiger partial charge in [-0.15, -0.1) is 0 Å². The molecule has 7 nitrogen and oxygen atoms in total. The van der Waals surface area contributed by atoms with Crippen molar-refractivity contribution < 1.29 is 9.53 Å². The second-order valence-electron chi connectivity index (χ2n) is 6.54. The van der Waals surface area contributed by atoms with Crippen LogP contribution >= 0.6 is 0 Å². The lowest BCUT2D eigenvalue weighted by molar-refractivity contribution is 0.0955. The highest BCUT2D eigenvalue weighted by molar-refractivity contribution is 6.08. The lowest BCUT2D eigenvalue weighted by Crippen LogP contribution is -2.25. The smallest absolute Gasteiger partial charge is 0.254 e. The van der Waals surface area contributed by atoms with Crippen LogP contribution in [0, 0.1) is 11.6 Å². The van der Waals surface area contributed by atoms with Gasteiger partial charge < -0.3 is 25.8 Å². The highest BCUT2D eigenvalue weighted by atomic mass is 16.5. The Labute approximate surface area is 161 Å². The SMILES string of the molecule is COc1ccc2[nH][c]c(C(=O)NCCc3ccc4[nH]cc(C(=N)N)c4c3)c2c1. The largest absolute Gasteiger partial charge is 0.497 e. The van der Waals surface area contributed by atoms with E-state index >= 15 is 0 Å². The predicted octanol–water partition coefficient (Wildman–Crippen LogP) is 2.71. The number of rotatable bonds is 6. The third-order valence-electron chi connectivity index (χ3n) is 4.78. The molecule has 7 heteroatoms. The summed E-state index contributed by atoms with van der Waals surface area (Å²) in [6.07, 6.45) is 5.32. The predicted molar refractivity (Wildman–Crippen MR) is 109 cm³/mol. The van der Waals surface area contributed by atoms with Crippen LogP contribution in [0.4, 0.5) is 0 Å². The van der Waals surface area contributed by atoms with Gasteiger partial charge in [-0.2, -0.15) is 0 Å². The fourth-order valence-electron chi connectivity index (χ4n) is 3.30. The van der Waals surface area contributed by atoms with E-state index in [1.54, 1.807) is 13.3 Å². The van der Waals surface area contributed by atoms with E-state index < -0.39 is 0 Å². The number of carbonyl (C=O) groups excluding carboxylic acids is 1. The van der Waals surface area contributed by atoms with Gasteiger partial charge in [0.1, 0.15) is 11.6 Å². The van der Waals surface area contributed by atoms with E-state index in [-0.39, 0.29) is 11.7 Å². The molecule has 6 N–H and O–H groups in total. The van der Waals surface area contributed by atoms with Gasteiger partial charge >= 0.3 is 0 Å². The van der Waals surface area contributed by atoms with Crippen molar-refractivity contribution in [3.8, 4) is 5.75 Å². The molecule has 1 radical (unpaired) electrons. The standard InChI is InChI=1S/C21H20N5O2/c1-28-13-3-5-19-15(9-13)17(11-26-19)21(27)24-7-6-12-2-4-18-14(8-12)16(10-25-18)20(22)23/h2-5,8-10,25-26H,6-7H2,1H3,(H3,22,23)(H,24,27). The average Bonchev–Trinajstić information content (AvgIpc) is 3.31. The molecule has 0 saturated carbocycles. The summed E-state index contributed by atoms with van der Waals surface area (Å²) in [7, 11) is 1.59. The first-order chi connectivity index (χ1) is 13.6. The molecule has 0 atom stereocenters. The number of fused-ring (bicyclic) bond motifs is 2. The molecule has 0 aliphatic heterocycles. The maximum Gasteiger partial charge on any atom is 0.254 e. The Balaban J connectivity index is 1.46. The first kappa shape index (κ1) is 17.7. The summed E-state index contributed by atoms with van der Waals surface area (Å²) < 4.78 is 5.23. The first-order valence-corrected chi connectivity index (χ1v) is 8.87. The van der Waals surface area contributed by atoms with E-state index in [9.17, 15) is 4.79 Å². The Bertz CT molecular complexity index is 1190. The summed E-state index contributed by atoms with van der Waals surface area (Å²) in [6, 6.07) is 11.5. The minimum absolute atomic E-state index is 0.0296. The molecule has 28 heavy (non-hydrogen) atoms. The molecule has 2 aromatic heterocycles. The molecule has 0 fully saturated rings. The summed E-state index contributed by atoms with van der Waals surface area (Å²) >= 11 is 0. The van der Waals surface area contributed by atoms with Gasteiger partial charge in [-0.25, -0.2) is 0 Å². The third-order valence-corrected chi connectivity index (χ3v) is 4.78. The summed E-state index contributed by atoms with van der Waals surface area (Å²) in [5.41, 5.74) is 9.60. The Morgan fingerprint density at radius 1 is 1.21 bits per heavy atom. The minimum atomic E-state index is -0.188. The zero-order valence-electron chi connectivity index (χ0n) is 15.3. The van der Waals surface area contributed by atoms with Crippen LogP contribution in [-0.2, 0) is 6.42 Å². The molecule has 141 valence electrons. The van der Waals surface area contributed by atoms with Crippen LogP contribution in [0.5, 0.6) is 5.75 Å². The Kier molecular flexibility index (Phi) is 4.49. The Morgan fingerprint density at radius 2 is 2.04 bits per heavy atom. The van der Waals surface area contributed by atoms with Crippen molar-refractivity contribution in [3.63, 3.8) is 0 Å². The minimum Gasteiger partial charge on any atom is -0.497 e. The average molecular weight is 374 g/mol. The van der Waals surface area contributed by atoms with Gasteiger partial charge in [0.2, 0.25) is 0 Å². The van der Waals surface area contributed by atoms with Gasteiger partial charge in [-0.1, -0.05) is 6.07 Å². The topological polar surface area (TPSA) is 120 Å². The van der Waals surface area contributed by atoms with Gasteiger partial charge in [0.15, 0.2) is 0 Å². The quantitative estimate of drug-likeness (QED) is 0.264. The van der Waals surface area contributed by atoms with Crippen molar-refractivity contribution in [2.75, 3.05) is 13.7 Å². The molecule has 2 heterocycles. The number of amidine groups is 1. The van der Waals surface area contributed by atoms with Crippen LogP contribution in [-0.4, -0.2) is 35.4 Å². The maximum absolute atomic E-state index is 12.6. The molecule has 4 rings (SSSR count). The van der Waals surface area contributed by atoms with E-state index in [2.05, 4.69) is 21.5 Å². The molecule has 0 bridgehead atoms. The number of amides is 1. The number of H-pyrrole nitrogens is 2. The van der Waals surface area contributed by atoms with Crippen LogP contribution in [0.15, 0.2) is 42.6 Å². The zero-order valence-corrected chi connectivity index (χ0v) is 15.3. The number of ether oxygens (including phenoxy) is 1. The number of methoxy groups -OCH3 is 1. The zero-order chi connectivity index (χ0) is 19.7. The fourth-order valence-corrected chi connectivity index (χ4v) is 3.30. The lowest BCUT2D eigenvalue weighted by atomic mass is 10.1. The van der Waals surface area contributed by atoms with Crippen LogP contribution in [0.3, 0.4) is 0 Å². The summed E-state index contributed by atoms with van der Waals surface area (Å²) in [5.74, 6) is 0.532. The number of aromatic amines is 2. The van der Waals surface area contributed by atoms with Crippen LogP contribution in [0.25, 0.3) is 21.8 Å². The number of benzene rings is 2. The van der Waals surface area contributed by atoms with E-state index in [4.69, 9.17) is 15.9 Å². The van der Waals surface area contributed by atoms with Crippen molar-refractivity contribution in [2.45, 2.75) is 6.42 Å². The molecule has 1 amide bonds. The highest BCUT2D eigenvalue weighted by Crippen LogP contribution is 2.23. The normalized spacial score (nSPS) is 11.0. The molecule has 0 saturated heterocycles. The molecular weight excluding hydrogens is 354 g/mol. The fraction of sp³-hybridized carbons (Fsp3) is 0.143. The van der Waals surface area contributed by atoms with E-state index in [0.29, 0.717) is 29.8 Å². The number of hydrogen-bond acceptors (Lipinski definition) is 3. The molecule has 0 aliphatic carbocycles. The molecule has 0 aliphatic rings. The highest BCUT2D eigenvalue weighted by Gasteiger charge is 2.13. The second-order valence-corrected chi connectivity index (χ2v) is 6.54. The number of carbonyl (C=O) groups is 1. The second kappa shape index (κ2) is 7.11. The van der Waals surface area contributed by atoms with Crippen molar-refractivity contribution in [2.24, 2.45) is 5.73 Å². The maximum atomic E-state index is 12.6. The molecule has 0 unspecified atom stereocenters. The number of hydrogen-bond donors (Lipinski definition) is 5. The van der Waals surface area contributed by atoms with Gasteiger partial charge in [0.25, 0.3) is 5.91 Å². The van der Waals surface area contributed by atoms with Crippen LogP contribution < -0.4 is 15.8 Å². The molecule has 0 spiro atoms. The number of nitrogens with one attached hydrogen (secondary N) is 4.